The topological polar surface area (TPSA) is 32.8 Å². The lowest BCUT2D eigenvalue weighted by Gasteiger charge is -2.35. The van der Waals surface area contributed by atoms with Crippen LogP contribution in [0.2, 0.25) is 0 Å². The molecule has 3 aliphatic rings. The van der Waals surface area contributed by atoms with E-state index in [4.69, 9.17) is 4.74 Å². The molecule has 1 fully saturated rings. The summed E-state index contributed by atoms with van der Waals surface area (Å²) >= 11 is 0. The fraction of sp³-hybridized carbons (Fsp3) is 0.800. The van der Waals surface area contributed by atoms with Gasteiger partial charge in [-0.25, -0.2) is 0 Å². The van der Waals surface area contributed by atoms with Crippen molar-refractivity contribution in [2.45, 2.75) is 84.5 Å². The third-order valence-electron chi connectivity index (χ3n) is 6.32. The number of aliphatic hydroxyl groups excluding tert-OH is 1. The van der Waals surface area contributed by atoms with Gasteiger partial charge in [-0.3, -0.25) is 0 Å². The largest absolute Gasteiger partial charge is 0.389 e. The summed E-state index contributed by atoms with van der Waals surface area (Å²) < 4.78 is 6.04. The minimum Gasteiger partial charge on any atom is -0.389 e. The molecule has 1 aliphatic heterocycles. The lowest BCUT2D eigenvalue weighted by molar-refractivity contribution is 0.162. The van der Waals surface area contributed by atoms with Crippen molar-refractivity contribution in [1.29, 1.82) is 0 Å². The maximum Gasteiger partial charge on any atom is 0.0948 e. The van der Waals surface area contributed by atoms with E-state index in [9.17, 15) is 5.11 Å². The first kappa shape index (κ1) is 16.3. The van der Waals surface area contributed by atoms with E-state index in [1.807, 2.05) is 0 Å². The van der Waals surface area contributed by atoms with Crippen molar-refractivity contribution in [3.63, 3.8) is 0 Å². The fourth-order valence-electron chi connectivity index (χ4n) is 4.83. The summed E-state index contributed by atoms with van der Waals surface area (Å²) in [7, 11) is 0. The highest BCUT2D eigenvalue weighted by atomic mass is 16.6. The van der Waals surface area contributed by atoms with Gasteiger partial charge in [0, 0.05) is 6.42 Å². The van der Waals surface area contributed by atoms with Crippen molar-refractivity contribution >= 4 is 0 Å². The molecule has 1 N–H and O–H groups in total. The van der Waals surface area contributed by atoms with E-state index in [-0.39, 0.29) is 11.7 Å². The second kappa shape index (κ2) is 5.49. The number of rotatable bonds is 1. The van der Waals surface area contributed by atoms with Gasteiger partial charge in [0.05, 0.1) is 17.8 Å². The maximum atomic E-state index is 10.3. The number of hydrogen-bond donors (Lipinski definition) is 1. The molecule has 0 bridgehead atoms. The van der Waals surface area contributed by atoms with E-state index in [1.165, 1.54) is 18.4 Å². The molecule has 2 heteroatoms. The third-order valence-corrected chi connectivity index (χ3v) is 6.32. The number of ether oxygens (including phenoxy) is 1. The Kier molecular flexibility index (Phi) is 4.06. The fourth-order valence-corrected chi connectivity index (χ4v) is 4.83. The molecule has 0 spiro atoms. The van der Waals surface area contributed by atoms with Crippen LogP contribution in [0, 0.1) is 17.3 Å². The molecule has 124 valence electrons. The smallest absolute Gasteiger partial charge is 0.0948 e. The van der Waals surface area contributed by atoms with Crippen molar-refractivity contribution in [3.05, 3.63) is 23.3 Å². The molecule has 2 aliphatic carbocycles. The van der Waals surface area contributed by atoms with Gasteiger partial charge >= 0.3 is 0 Å². The van der Waals surface area contributed by atoms with Gasteiger partial charge in [-0.2, -0.15) is 0 Å². The number of epoxide rings is 1. The SMILES string of the molecule is C/C1=C\[C@H](O)C[C@]2(C)O[C@H]2C[C@@]2(C)CC=C(C(C)C)[C@@H]2CC1. The molecule has 0 radical (unpaired) electrons. The minimum atomic E-state index is -0.360. The van der Waals surface area contributed by atoms with Gasteiger partial charge in [0.2, 0.25) is 0 Å². The van der Waals surface area contributed by atoms with Crippen LogP contribution in [-0.2, 0) is 4.74 Å². The number of allylic oxidation sites excluding steroid dienone is 3. The summed E-state index contributed by atoms with van der Waals surface area (Å²) in [6, 6.07) is 0. The Hall–Kier alpha value is -0.600. The molecule has 0 unspecified atom stereocenters. The van der Waals surface area contributed by atoms with Gasteiger partial charge < -0.3 is 9.84 Å². The van der Waals surface area contributed by atoms with Crippen LogP contribution >= 0.6 is 0 Å². The molecule has 0 aromatic carbocycles. The lowest BCUT2D eigenvalue weighted by Crippen LogP contribution is -2.29. The normalized spacial score (nSPS) is 47.9. The first-order valence-corrected chi connectivity index (χ1v) is 8.97. The Morgan fingerprint density at radius 2 is 2.00 bits per heavy atom. The minimum absolute atomic E-state index is 0.116. The monoisotopic (exact) mass is 304 g/mol. The Bertz CT molecular complexity index is 504. The Morgan fingerprint density at radius 3 is 2.68 bits per heavy atom. The molecule has 2 nitrogen and oxygen atoms in total. The average Bonchev–Trinajstić information content (AvgIpc) is 2.87. The second-order valence-electron chi connectivity index (χ2n) is 8.72. The first-order valence-electron chi connectivity index (χ1n) is 8.97. The van der Waals surface area contributed by atoms with Crippen LogP contribution < -0.4 is 0 Å². The van der Waals surface area contributed by atoms with E-state index < -0.39 is 0 Å². The first-order chi connectivity index (χ1) is 10.2. The van der Waals surface area contributed by atoms with Crippen molar-refractivity contribution < 1.29 is 9.84 Å². The van der Waals surface area contributed by atoms with Gasteiger partial charge in [0.15, 0.2) is 0 Å². The summed E-state index contributed by atoms with van der Waals surface area (Å²) in [5.74, 6) is 1.30. The Balaban J connectivity index is 1.88. The number of fused-ring (bicyclic) bond motifs is 2. The van der Waals surface area contributed by atoms with Crippen LogP contribution in [0.15, 0.2) is 23.3 Å². The summed E-state index contributed by atoms with van der Waals surface area (Å²) in [4.78, 5) is 0. The van der Waals surface area contributed by atoms with Crippen LogP contribution in [-0.4, -0.2) is 22.9 Å². The zero-order valence-electron chi connectivity index (χ0n) is 14.9. The average molecular weight is 304 g/mol. The van der Waals surface area contributed by atoms with E-state index in [2.05, 4.69) is 46.8 Å². The predicted octanol–water partition coefficient (Wildman–Crippen LogP) is 4.63. The zero-order chi connectivity index (χ0) is 16.1. The van der Waals surface area contributed by atoms with Crippen LogP contribution in [0.5, 0.6) is 0 Å². The van der Waals surface area contributed by atoms with Crippen molar-refractivity contribution in [2.75, 3.05) is 0 Å². The summed E-state index contributed by atoms with van der Waals surface area (Å²) in [6.07, 6.45) is 9.89. The van der Waals surface area contributed by atoms with Crippen LogP contribution in [0.25, 0.3) is 0 Å². The number of aliphatic hydroxyl groups is 1. The Morgan fingerprint density at radius 1 is 1.27 bits per heavy atom. The maximum absolute atomic E-state index is 10.3. The highest BCUT2D eigenvalue weighted by Gasteiger charge is 2.56. The van der Waals surface area contributed by atoms with Gasteiger partial charge in [-0.15, -0.1) is 0 Å². The van der Waals surface area contributed by atoms with E-state index in [0.717, 1.165) is 19.3 Å². The molecule has 0 amide bonds. The van der Waals surface area contributed by atoms with E-state index in [0.29, 0.717) is 23.4 Å². The van der Waals surface area contributed by atoms with E-state index >= 15 is 0 Å². The molecule has 1 saturated heterocycles. The van der Waals surface area contributed by atoms with Crippen molar-refractivity contribution in [2.24, 2.45) is 17.3 Å². The summed E-state index contributed by atoms with van der Waals surface area (Å²) in [6.45, 7) is 11.4. The highest BCUT2D eigenvalue weighted by molar-refractivity contribution is 5.23. The summed E-state index contributed by atoms with van der Waals surface area (Å²) in [5.41, 5.74) is 3.19. The van der Waals surface area contributed by atoms with Gasteiger partial charge in [-0.1, -0.05) is 44.1 Å². The standard InChI is InChI=1S/C20H32O2/c1-13(2)16-8-9-19(4)12-18-20(5,22-18)11-15(21)10-14(3)6-7-17(16)19/h8,10,13,15,17-18,21H,6-7,9,11-12H2,1-5H3/b14-10+/t15-,17-,18-,19+,20-/m0/s1. The predicted molar refractivity (Wildman–Crippen MR) is 90.6 cm³/mol. The van der Waals surface area contributed by atoms with Crippen molar-refractivity contribution in [3.8, 4) is 0 Å². The molecule has 1 heterocycles. The van der Waals surface area contributed by atoms with E-state index in [1.54, 1.807) is 5.57 Å². The molecule has 0 aromatic heterocycles. The third kappa shape index (κ3) is 2.92. The molecule has 0 saturated carbocycles. The molecule has 0 aromatic rings. The molecule has 3 rings (SSSR count). The van der Waals surface area contributed by atoms with Gasteiger partial charge in [0.1, 0.15) is 0 Å². The van der Waals surface area contributed by atoms with Crippen LogP contribution in [0.1, 0.15) is 66.7 Å². The quantitative estimate of drug-likeness (QED) is 0.566. The second-order valence-corrected chi connectivity index (χ2v) is 8.72. The summed E-state index contributed by atoms with van der Waals surface area (Å²) in [5, 5.41) is 10.3. The van der Waals surface area contributed by atoms with Gasteiger partial charge in [-0.05, 0) is 56.8 Å². The van der Waals surface area contributed by atoms with Crippen LogP contribution in [0.4, 0.5) is 0 Å². The van der Waals surface area contributed by atoms with Crippen molar-refractivity contribution in [1.82, 2.24) is 0 Å². The number of hydrogen-bond acceptors (Lipinski definition) is 2. The molecule has 22 heavy (non-hydrogen) atoms. The zero-order valence-corrected chi connectivity index (χ0v) is 14.9. The van der Waals surface area contributed by atoms with Gasteiger partial charge in [0.25, 0.3) is 0 Å². The Labute approximate surface area is 135 Å². The molecule has 5 atom stereocenters. The lowest BCUT2D eigenvalue weighted by atomic mass is 9.69. The molecular formula is C20H32O2. The highest BCUT2D eigenvalue weighted by Crippen LogP contribution is 2.56. The molecular weight excluding hydrogens is 272 g/mol. The van der Waals surface area contributed by atoms with Crippen LogP contribution in [0.3, 0.4) is 0 Å².